The highest BCUT2D eigenvalue weighted by molar-refractivity contribution is 5.85. The molecule has 1 aromatic heterocycles. The van der Waals surface area contributed by atoms with Gasteiger partial charge in [0, 0.05) is 43.9 Å². The lowest BCUT2D eigenvalue weighted by molar-refractivity contribution is 0.160. The number of hydrogen-bond donors (Lipinski definition) is 2. The van der Waals surface area contributed by atoms with Crippen molar-refractivity contribution in [2.24, 2.45) is 5.92 Å². The van der Waals surface area contributed by atoms with Crippen LogP contribution in [0, 0.1) is 5.92 Å². The molecule has 0 spiro atoms. The van der Waals surface area contributed by atoms with Gasteiger partial charge < -0.3 is 10.3 Å². The van der Waals surface area contributed by atoms with Gasteiger partial charge in [-0.3, -0.25) is 4.90 Å². The van der Waals surface area contributed by atoms with Crippen LogP contribution in [0.15, 0.2) is 30.5 Å². The van der Waals surface area contributed by atoms with Crippen molar-refractivity contribution >= 4 is 35.7 Å². The summed E-state index contributed by atoms with van der Waals surface area (Å²) >= 11 is 0. The second kappa shape index (κ2) is 7.69. The molecule has 22 heavy (non-hydrogen) atoms. The third kappa shape index (κ3) is 3.77. The summed E-state index contributed by atoms with van der Waals surface area (Å²) in [4.78, 5) is 6.04. The van der Waals surface area contributed by atoms with Crippen LogP contribution in [-0.2, 0) is 0 Å². The largest absolute Gasteiger partial charge is 0.361 e. The Morgan fingerprint density at radius 1 is 1.09 bits per heavy atom. The van der Waals surface area contributed by atoms with Gasteiger partial charge >= 0.3 is 0 Å². The topological polar surface area (TPSA) is 31.1 Å². The summed E-state index contributed by atoms with van der Waals surface area (Å²) < 4.78 is 0. The normalized spacial score (nSPS) is 20.2. The van der Waals surface area contributed by atoms with Crippen molar-refractivity contribution in [3.05, 3.63) is 36.0 Å². The number of benzene rings is 1. The van der Waals surface area contributed by atoms with Gasteiger partial charge in [-0.25, -0.2) is 0 Å². The number of nitrogens with one attached hydrogen (secondary N) is 2. The molecule has 2 N–H and O–H groups in total. The average molecular weight is 342 g/mol. The first-order valence-electron chi connectivity index (χ1n) is 7.92. The van der Waals surface area contributed by atoms with E-state index in [0.717, 1.165) is 19.0 Å². The SMILES string of the molecule is Cl.Cl.c1cc2ccc([C@@H](CC3CC3)N3CCNCC3)cc2[nH]1. The number of fused-ring (bicyclic) bond motifs is 1. The summed E-state index contributed by atoms with van der Waals surface area (Å²) in [6, 6.07) is 9.73. The first-order chi connectivity index (χ1) is 9.90. The number of piperazine rings is 1. The summed E-state index contributed by atoms with van der Waals surface area (Å²) in [6.45, 7) is 4.62. The van der Waals surface area contributed by atoms with Crippen molar-refractivity contribution in [3.63, 3.8) is 0 Å². The van der Waals surface area contributed by atoms with E-state index in [4.69, 9.17) is 0 Å². The molecule has 0 radical (unpaired) electrons. The van der Waals surface area contributed by atoms with E-state index >= 15 is 0 Å². The van der Waals surface area contributed by atoms with Crippen LogP contribution in [0.3, 0.4) is 0 Å². The van der Waals surface area contributed by atoms with Gasteiger partial charge in [-0.15, -0.1) is 24.8 Å². The molecule has 0 bridgehead atoms. The monoisotopic (exact) mass is 341 g/mol. The zero-order valence-corrected chi connectivity index (χ0v) is 14.4. The highest BCUT2D eigenvalue weighted by atomic mass is 35.5. The molecule has 0 amide bonds. The fourth-order valence-electron chi connectivity index (χ4n) is 3.43. The first-order valence-corrected chi connectivity index (χ1v) is 7.92. The Labute approximate surface area is 144 Å². The Morgan fingerprint density at radius 3 is 2.59 bits per heavy atom. The standard InChI is InChI=1S/C17H23N3.2ClH/c1-2-13(1)11-17(20-9-7-18-8-10-20)15-4-3-14-5-6-19-16(14)12-15;;/h3-6,12-13,17-19H,1-2,7-11H2;2*1H/t17-;;/m1../s1. The number of H-pyrrole nitrogens is 1. The molecule has 5 heteroatoms. The zero-order valence-electron chi connectivity index (χ0n) is 12.8. The molecule has 122 valence electrons. The highest BCUT2D eigenvalue weighted by Crippen LogP contribution is 2.40. The van der Waals surface area contributed by atoms with E-state index in [2.05, 4.69) is 39.5 Å². The predicted molar refractivity (Wildman–Crippen MR) is 97.3 cm³/mol. The Balaban J connectivity index is 0.000000882. The maximum Gasteiger partial charge on any atom is 0.0457 e. The van der Waals surface area contributed by atoms with E-state index in [1.807, 2.05) is 6.20 Å². The van der Waals surface area contributed by atoms with Crippen molar-refractivity contribution in [2.75, 3.05) is 26.2 Å². The molecule has 2 aromatic rings. The Bertz CT molecular complexity index is 588. The van der Waals surface area contributed by atoms with Crippen LogP contribution >= 0.6 is 24.8 Å². The minimum atomic E-state index is 0. The Kier molecular flexibility index (Phi) is 6.16. The molecule has 2 fully saturated rings. The predicted octanol–water partition coefficient (Wildman–Crippen LogP) is 3.76. The molecule has 1 saturated heterocycles. The first kappa shape index (κ1) is 17.6. The van der Waals surface area contributed by atoms with E-state index in [1.54, 1.807) is 0 Å². The van der Waals surface area contributed by atoms with Gasteiger partial charge in [0.2, 0.25) is 0 Å². The van der Waals surface area contributed by atoms with Crippen molar-refractivity contribution in [3.8, 4) is 0 Å². The molecule has 1 atom stereocenters. The van der Waals surface area contributed by atoms with Crippen molar-refractivity contribution in [1.29, 1.82) is 0 Å². The lowest BCUT2D eigenvalue weighted by Gasteiger charge is -2.35. The fourth-order valence-corrected chi connectivity index (χ4v) is 3.43. The molecular formula is C17H25Cl2N3. The molecule has 3 nitrogen and oxygen atoms in total. The van der Waals surface area contributed by atoms with E-state index < -0.39 is 0 Å². The Morgan fingerprint density at radius 2 is 1.86 bits per heavy atom. The summed E-state index contributed by atoms with van der Waals surface area (Å²) in [5.74, 6) is 0.967. The van der Waals surface area contributed by atoms with Gasteiger partial charge in [0.05, 0.1) is 0 Å². The molecule has 2 heterocycles. The van der Waals surface area contributed by atoms with Crippen LogP contribution in [0.2, 0.25) is 0 Å². The van der Waals surface area contributed by atoms with Gasteiger partial charge in [0.25, 0.3) is 0 Å². The minimum absolute atomic E-state index is 0. The molecular weight excluding hydrogens is 317 g/mol. The van der Waals surface area contributed by atoms with E-state index in [1.165, 1.54) is 48.8 Å². The Hall–Kier alpha value is -0.740. The molecule has 2 aliphatic rings. The van der Waals surface area contributed by atoms with Crippen molar-refractivity contribution in [2.45, 2.75) is 25.3 Å². The number of hydrogen-bond acceptors (Lipinski definition) is 2. The number of rotatable bonds is 4. The van der Waals surface area contributed by atoms with Crippen LogP contribution in [0.4, 0.5) is 0 Å². The average Bonchev–Trinajstić information content (AvgIpc) is 3.20. The highest BCUT2D eigenvalue weighted by Gasteiger charge is 2.30. The molecule has 1 aliphatic heterocycles. The molecule has 4 rings (SSSR count). The smallest absolute Gasteiger partial charge is 0.0457 e. The summed E-state index contributed by atoms with van der Waals surface area (Å²) in [5, 5.41) is 4.79. The lowest BCUT2D eigenvalue weighted by atomic mass is 9.98. The third-order valence-corrected chi connectivity index (χ3v) is 4.81. The second-order valence-electron chi connectivity index (χ2n) is 6.31. The van der Waals surface area contributed by atoms with Crippen molar-refractivity contribution < 1.29 is 0 Å². The minimum Gasteiger partial charge on any atom is -0.361 e. The second-order valence-corrected chi connectivity index (χ2v) is 6.31. The van der Waals surface area contributed by atoms with E-state index in [-0.39, 0.29) is 24.8 Å². The van der Waals surface area contributed by atoms with Crippen LogP contribution in [0.1, 0.15) is 30.9 Å². The van der Waals surface area contributed by atoms with Crippen LogP contribution in [0.25, 0.3) is 10.9 Å². The van der Waals surface area contributed by atoms with E-state index in [0.29, 0.717) is 6.04 Å². The van der Waals surface area contributed by atoms with Crippen molar-refractivity contribution in [1.82, 2.24) is 15.2 Å². The number of aromatic nitrogens is 1. The van der Waals surface area contributed by atoms with Gasteiger partial charge in [0.1, 0.15) is 0 Å². The number of nitrogens with zero attached hydrogens (tertiary/aromatic N) is 1. The number of halogens is 2. The maximum atomic E-state index is 3.47. The fraction of sp³-hybridized carbons (Fsp3) is 0.529. The van der Waals surface area contributed by atoms with E-state index in [9.17, 15) is 0 Å². The molecule has 0 unspecified atom stereocenters. The summed E-state index contributed by atoms with van der Waals surface area (Å²) in [6.07, 6.45) is 6.25. The zero-order chi connectivity index (χ0) is 13.4. The van der Waals surface area contributed by atoms with Gasteiger partial charge in [-0.1, -0.05) is 25.0 Å². The summed E-state index contributed by atoms with van der Waals surface area (Å²) in [7, 11) is 0. The lowest BCUT2D eigenvalue weighted by Crippen LogP contribution is -2.45. The van der Waals surface area contributed by atoms with Crippen LogP contribution in [0.5, 0.6) is 0 Å². The van der Waals surface area contributed by atoms with Crippen LogP contribution < -0.4 is 5.32 Å². The van der Waals surface area contributed by atoms with Crippen LogP contribution in [-0.4, -0.2) is 36.1 Å². The van der Waals surface area contributed by atoms with Gasteiger partial charge in [0.15, 0.2) is 0 Å². The number of aromatic amines is 1. The van der Waals surface area contributed by atoms with Gasteiger partial charge in [-0.05, 0) is 35.4 Å². The quantitative estimate of drug-likeness (QED) is 0.886. The molecule has 1 aliphatic carbocycles. The molecule has 1 saturated carbocycles. The third-order valence-electron chi connectivity index (χ3n) is 4.81. The molecule has 1 aromatic carbocycles. The van der Waals surface area contributed by atoms with Gasteiger partial charge in [-0.2, -0.15) is 0 Å². The summed E-state index contributed by atoms with van der Waals surface area (Å²) in [5.41, 5.74) is 2.77. The maximum absolute atomic E-state index is 3.47.